The van der Waals surface area contributed by atoms with Crippen LogP contribution in [0, 0.1) is 0 Å². The summed E-state index contributed by atoms with van der Waals surface area (Å²) in [6.07, 6.45) is 2.38. The van der Waals surface area contributed by atoms with Gasteiger partial charge in [0.1, 0.15) is 24.5 Å². The molecule has 0 aliphatic carbocycles. The number of halogens is 1. The molecule has 11 aliphatic heterocycles. The predicted octanol–water partition coefficient (Wildman–Crippen LogP) is 11.8. The van der Waals surface area contributed by atoms with Crippen LogP contribution in [-0.2, 0) is 6.51 Å². The van der Waals surface area contributed by atoms with Crippen LogP contribution in [0.4, 0.5) is 11.4 Å². The first-order valence-corrected chi connectivity index (χ1v) is 34.4. The van der Waals surface area contributed by atoms with Crippen LogP contribution in [0.1, 0.15) is 101 Å². The molecule has 0 N–H and O–H groups in total. The molecule has 10 fully saturated rings. The molecule has 67 heavy (non-hydrogen) atoms. The number of anilines is 1. The van der Waals surface area contributed by atoms with Gasteiger partial charge >= 0.3 is 212 Å². The van der Waals surface area contributed by atoms with Crippen LogP contribution in [0.3, 0.4) is 0 Å². The standard InChI is InChI=1S/C29H23P2.C27H39N2.C5H5.ClH.Fe/c1-5-14-24(15-6-1)30(25-16-7-2-8-17-25)28-22-13-23-29(28)31(26-18-9-3-10-19-26)27-20-11-4-12-21-27;1-18(2)22-11-9-12-23(19(3)4)26(22)28-15-16-29(17-28)27-24(20(5)6)13-10-14-25(27)21(7)8;1-2-4-5-3-1;;/h1-23H;9-14,17-21H,15-16H2,1-8H3;1-5H;1H;/q;+1;;;/p-1. The van der Waals surface area contributed by atoms with E-state index >= 15 is 0 Å². The SMILES string of the molecule is CC(C)c1cccc(C(C)C)c1N1C=[N+](c2c(C(C)C)cccc2C(C)C)CC1.[Cl-].c1ccc(P(c2ccccc2)[C]23[CH]4[CH]5[CH]6[C]2(P(c2ccccc2)c2ccccc2)[Fe]54632789[CH]3[CH]2[CH]7[CH]8[CH]39)cc1. The van der Waals surface area contributed by atoms with Gasteiger partial charge in [-0.3, -0.25) is 0 Å². The summed E-state index contributed by atoms with van der Waals surface area (Å²) in [5.41, 5.74) is 8.67. The van der Waals surface area contributed by atoms with Crippen LogP contribution in [0.25, 0.3) is 0 Å². The molecule has 0 bridgehead atoms. The minimum atomic E-state index is -3.82. The maximum atomic E-state index is 2.55. The molecule has 6 aromatic rings. The molecule has 0 amide bonds. The van der Waals surface area contributed by atoms with E-state index in [0.717, 1.165) is 21.2 Å². The average Bonchev–Trinajstić information content (AvgIpc) is 4.23. The summed E-state index contributed by atoms with van der Waals surface area (Å²) >= 11 is 0. The first kappa shape index (κ1) is 41.3. The Morgan fingerprint density at radius 1 is 0.448 bits per heavy atom. The Balaban J connectivity index is 0.000000126. The third kappa shape index (κ3) is 1.92. The van der Waals surface area contributed by atoms with E-state index < -0.39 is 6.51 Å². The molecule has 6 aromatic carbocycles. The van der Waals surface area contributed by atoms with Gasteiger partial charge in [0.2, 0.25) is 6.34 Å². The van der Waals surface area contributed by atoms with Crippen molar-refractivity contribution in [2.75, 3.05) is 18.0 Å². The van der Waals surface area contributed by atoms with Gasteiger partial charge in [0.15, 0.2) is 0 Å². The summed E-state index contributed by atoms with van der Waals surface area (Å²) in [5.74, 6) is 2.06. The Bertz CT molecular complexity index is 3180. The van der Waals surface area contributed by atoms with E-state index in [1.54, 1.807) is 21.2 Å². The van der Waals surface area contributed by atoms with Crippen LogP contribution in [0.2, 0.25) is 38.5 Å². The van der Waals surface area contributed by atoms with Gasteiger partial charge in [0.25, 0.3) is 0 Å². The number of nitrogens with zero attached hydrogens (tertiary/aromatic N) is 2. The molecular formula is C61H67ClFeN2P2. The van der Waals surface area contributed by atoms with E-state index in [0.29, 0.717) is 23.7 Å². The second kappa shape index (κ2) is 9.16. The van der Waals surface area contributed by atoms with E-state index in [9.17, 15) is 0 Å². The zero-order valence-electron chi connectivity index (χ0n) is 40.5. The van der Waals surface area contributed by atoms with Crippen LogP contribution in [0.15, 0.2) is 158 Å². The molecule has 17 rings (SSSR count). The molecule has 2 nitrogen and oxygen atoms in total. The van der Waals surface area contributed by atoms with Crippen molar-refractivity contribution in [1.29, 1.82) is 0 Å². The first-order valence-electron chi connectivity index (χ1n) is 25.5. The van der Waals surface area contributed by atoms with Crippen molar-refractivity contribution in [2.45, 2.75) is 126 Å². The molecule has 4 atom stereocenters. The van der Waals surface area contributed by atoms with Crippen LogP contribution in [-0.4, -0.2) is 32.1 Å². The van der Waals surface area contributed by atoms with Gasteiger partial charge in [-0.2, -0.15) is 0 Å². The van der Waals surface area contributed by atoms with Gasteiger partial charge in [0, 0.05) is 22.3 Å². The van der Waals surface area contributed by atoms with Crippen molar-refractivity contribution >= 4 is 54.8 Å². The van der Waals surface area contributed by atoms with Crippen molar-refractivity contribution in [3.8, 4) is 0 Å². The normalized spacial score (nSPS) is 41.2. The first-order chi connectivity index (χ1) is 31.8. The Morgan fingerprint density at radius 3 is 1.07 bits per heavy atom. The number of hydrogen-bond donors (Lipinski definition) is 0. The molecule has 11 heterocycles. The second-order valence-electron chi connectivity index (χ2n) is 25.4. The number of rotatable bonds is 12. The third-order valence-corrected chi connectivity index (χ3v) is 82.4. The van der Waals surface area contributed by atoms with Crippen LogP contribution < -0.4 is 38.5 Å². The number of hydrogen-bond acceptors (Lipinski definition) is 1. The van der Waals surface area contributed by atoms with Crippen LogP contribution in [0.5, 0.6) is 0 Å². The van der Waals surface area contributed by atoms with Crippen LogP contribution >= 0.6 is 15.8 Å². The van der Waals surface area contributed by atoms with Gasteiger partial charge in [0.05, 0.1) is 0 Å². The summed E-state index contributed by atoms with van der Waals surface area (Å²) in [6, 6.07) is 61.9. The Hall–Kier alpha value is -3.54. The monoisotopic (exact) mass is 980 g/mol. The van der Waals surface area contributed by atoms with Gasteiger partial charge in [-0.1, -0.05) is 91.8 Å². The zero-order chi connectivity index (χ0) is 44.8. The summed E-state index contributed by atoms with van der Waals surface area (Å²) in [7, 11) is -0.628. The fourth-order valence-corrected chi connectivity index (χ4v) is 131. The molecule has 0 aromatic heterocycles. The fourth-order valence-electron chi connectivity index (χ4n) is 25.4. The van der Waals surface area contributed by atoms with Crippen molar-refractivity contribution in [3.63, 3.8) is 0 Å². The number of para-hydroxylation sites is 2. The van der Waals surface area contributed by atoms with Crippen molar-refractivity contribution in [3.05, 3.63) is 180 Å². The number of fused-ring (bicyclic) bond motifs is 10. The quantitative estimate of drug-likeness (QED) is 0.0673. The Kier molecular flexibility index (Phi) is 5.64. The summed E-state index contributed by atoms with van der Waals surface area (Å²) in [4.78, 5) is 12.7. The van der Waals surface area contributed by atoms with Gasteiger partial charge < -0.3 is 12.4 Å². The predicted molar refractivity (Wildman–Crippen MR) is 281 cm³/mol. The number of benzene rings is 6. The fraction of sp³-hybridized carbons (Fsp3) is 0.393. The summed E-state index contributed by atoms with van der Waals surface area (Å²) in [6.45, 7) is 16.7. The van der Waals surface area contributed by atoms with Gasteiger partial charge in [-0.05, 0) is 23.7 Å². The van der Waals surface area contributed by atoms with Crippen molar-refractivity contribution in [1.82, 2.24) is 0 Å². The van der Waals surface area contributed by atoms with Gasteiger partial charge in [-0.15, -0.1) is 0 Å². The maximum absolute atomic E-state index is 3.82. The molecule has 0 radical (unpaired) electrons. The molecule has 0 saturated carbocycles. The van der Waals surface area contributed by atoms with E-state index in [1.807, 2.05) is 0 Å². The topological polar surface area (TPSA) is 6.25 Å². The molecule has 346 valence electrons. The van der Waals surface area contributed by atoms with Crippen molar-refractivity contribution in [2.24, 2.45) is 0 Å². The summed E-state index contributed by atoms with van der Waals surface area (Å²) in [5, 5.41) is 6.86. The zero-order valence-corrected chi connectivity index (χ0v) is 44.1. The molecule has 1 spiro atoms. The third-order valence-electron chi connectivity index (χ3n) is 25.5. The minimum absolute atomic E-state index is 0. The molecule has 11 aliphatic rings. The molecular weight excluding hydrogens is 914 g/mol. The van der Waals surface area contributed by atoms with E-state index in [4.69, 9.17) is 0 Å². The van der Waals surface area contributed by atoms with E-state index in [-0.39, 0.29) is 28.3 Å². The Labute approximate surface area is 399 Å². The molecule has 6 heteroatoms. The average molecular weight is 981 g/mol. The molecule has 4 unspecified atom stereocenters. The molecule has 10 saturated heterocycles. The van der Waals surface area contributed by atoms with E-state index in [1.165, 1.54) is 72.2 Å². The Morgan fingerprint density at radius 2 is 0.776 bits per heavy atom. The van der Waals surface area contributed by atoms with Gasteiger partial charge in [-0.25, -0.2) is 9.48 Å². The summed E-state index contributed by atoms with van der Waals surface area (Å²) < 4.78 is 3.98. The second-order valence-corrected chi connectivity index (χ2v) is 54.2. The van der Waals surface area contributed by atoms with Crippen molar-refractivity contribution < 1.29 is 23.5 Å². The van der Waals surface area contributed by atoms with E-state index in [2.05, 4.69) is 229 Å².